The zero-order chi connectivity index (χ0) is 23.2. The van der Waals surface area contributed by atoms with Gasteiger partial charge in [-0.2, -0.15) is 0 Å². The number of para-hydroxylation sites is 1. The van der Waals surface area contributed by atoms with Crippen LogP contribution >= 0.6 is 11.3 Å². The summed E-state index contributed by atoms with van der Waals surface area (Å²) < 4.78 is 2.06. The summed E-state index contributed by atoms with van der Waals surface area (Å²) in [5.41, 5.74) is 3.19. The van der Waals surface area contributed by atoms with Crippen molar-refractivity contribution in [1.82, 2.24) is 14.5 Å². The zero-order valence-corrected chi connectivity index (χ0v) is 19.1. The SMILES string of the molecule is CC(=O)N(c1ccccc1)c1nc(/C=C/C(=O)Nc2ccc(Cn3ccnc3C)cc2)cs1. The number of nitrogens with one attached hydrogen (secondary N) is 1. The first-order valence-electron chi connectivity index (χ1n) is 10.4. The second-order valence-corrected chi connectivity index (χ2v) is 8.20. The number of amides is 2. The van der Waals surface area contributed by atoms with Gasteiger partial charge in [0.15, 0.2) is 5.13 Å². The van der Waals surface area contributed by atoms with E-state index in [2.05, 4.69) is 19.9 Å². The summed E-state index contributed by atoms with van der Waals surface area (Å²) in [6.07, 6.45) is 6.78. The molecule has 0 fully saturated rings. The average molecular weight is 458 g/mol. The normalized spacial score (nSPS) is 11.0. The van der Waals surface area contributed by atoms with Crippen molar-refractivity contribution in [1.29, 1.82) is 0 Å². The van der Waals surface area contributed by atoms with Crippen molar-refractivity contribution in [3.63, 3.8) is 0 Å². The smallest absolute Gasteiger partial charge is 0.248 e. The minimum atomic E-state index is -0.255. The molecule has 2 aromatic carbocycles. The maximum absolute atomic E-state index is 12.3. The van der Waals surface area contributed by atoms with E-state index in [0.29, 0.717) is 16.5 Å². The lowest BCUT2D eigenvalue weighted by atomic mass is 10.2. The minimum Gasteiger partial charge on any atom is -0.331 e. The molecule has 2 amide bonds. The molecule has 0 spiro atoms. The van der Waals surface area contributed by atoms with Crippen LogP contribution in [0.3, 0.4) is 0 Å². The summed E-state index contributed by atoms with van der Waals surface area (Å²) >= 11 is 1.34. The van der Waals surface area contributed by atoms with Crippen LogP contribution in [-0.2, 0) is 16.1 Å². The molecule has 0 bridgehead atoms. The Morgan fingerprint density at radius 3 is 2.55 bits per heavy atom. The second-order valence-electron chi connectivity index (χ2n) is 7.37. The molecule has 1 N–H and O–H groups in total. The summed E-state index contributed by atoms with van der Waals surface area (Å²) in [5.74, 6) is 0.572. The third-order valence-corrected chi connectivity index (χ3v) is 5.78. The lowest BCUT2D eigenvalue weighted by Crippen LogP contribution is -2.22. The van der Waals surface area contributed by atoms with E-state index in [1.54, 1.807) is 17.2 Å². The molecule has 7 nitrogen and oxygen atoms in total. The molecular formula is C25H23N5O2S. The van der Waals surface area contributed by atoms with Crippen LogP contribution in [0, 0.1) is 6.92 Å². The maximum Gasteiger partial charge on any atom is 0.248 e. The predicted molar refractivity (Wildman–Crippen MR) is 132 cm³/mol. The van der Waals surface area contributed by atoms with E-state index in [9.17, 15) is 9.59 Å². The van der Waals surface area contributed by atoms with E-state index in [1.165, 1.54) is 24.3 Å². The largest absolute Gasteiger partial charge is 0.331 e. The Balaban J connectivity index is 1.37. The molecule has 33 heavy (non-hydrogen) atoms. The van der Waals surface area contributed by atoms with Gasteiger partial charge in [0.25, 0.3) is 0 Å². The number of aromatic nitrogens is 3. The summed E-state index contributed by atoms with van der Waals surface area (Å²) in [6, 6.07) is 17.0. The Morgan fingerprint density at radius 2 is 1.88 bits per heavy atom. The van der Waals surface area contributed by atoms with Crippen LogP contribution in [0.5, 0.6) is 0 Å². The highest BCUT2D eigenvalue weighted by molar-refractivity contribution is 7.14. The van der Waals surface area contributed by atoms with Gasteiger partial charge in [-0.1, -0.05) is 30.3 Å². The van der Waals surface area contributed by atoms with E-state index < -0.39 is 0 Å². The number of imidazole rings is 1. The van der Waals surface area contributed by atoms with Gasteiger partial charge in [0.1, 0.15) is 5.82 Å². The molecule has 0 aliphatic heterocycles. The standard InChI is InChI=1S/C25H23N5O2S/c1-18-26-14-15-29(18)16-20-8-10-21(11-9-20)27-24(32)13-12-22-17-33-25(28-22)30(19(2)31)23-6-4-3-5-7-23/h3-15,17H,16H2,1-2H3,(H,27,32)/b13-12+. The zero-order valence-electron chi connectivity index (χ0n) is 18.3. The molecule has 0 unspecified atom stereocenters. The maximum atomic E-state index is 12.3. The monoisotopic (exact) mass is 457 g/mol. The highest BCUT2D eigenvalue weighted by Gasteiger charge is 2.17. The molecule has 0 atom stereocenters. The Hall–Kier alpha value is -4.04. The number of rotatable bonds is 7. The van der Waals surface area contributed by atoms with Crippen LogP contribution < -0.4 is 10.2 Å². The Labute approximate surface area is 196 Å². The fraction of sp³-hybridized carbons (Fsp3) is 0.120. The molecule has 0 aliphatic rings. The van der Waals surface area contributed by atoms with Gasteiger partial charge in [0, 0.05) is 43.0 Å². The van der Waals surface area contributed by atoms with Crippen LogP contribution in [0.4, 0.5) is 16.5 Å². The Kier molecular flexibility index (Phi) is 6.75. The fourth-order valence-electron chi connectivity index (χ4n) is 3.27. The van der Waals surface area contributed by atoms with Crippen LogP contribution in [0.15, 0.2) is 78.4 Å². The first-order chi connectivity index (χ1) is 16.0. The third-order valence-electron chi connectivity index (χ3n) is 4.93. The van der Waals surface area contributed by atoms with Gasteiger partial charge in [0.2, 0.25) is 11.8 Å². The van der Waals surface area contributed by atoms with Crippen LogP contribution in [0.2, 0.25) is 0 Å². The minimum absolute atomic E-state index is 0.129. The molecule has 0 radical (unpaired) electrons. The van der Waals surface area contributed by atoms with E-state index in [4.69, 9.17) is 0 Å². The van der Waals surface area contributed by atoms with Gasteiger partial charge in [0.05, 0.1) is 11.4 Å². The molecule has 2 heterocycles. The highest BCUT2D eigenvalue weighted by atomic mass is 32.1. The number of aryl methyl sites for hydroxylation is 1. The number of benzene rings is 2. The van der Waals surface area contributed by atoms with Gasteiger partial charge < -0.3 is 9.88 Å². The molecule has 4 rings (SSSR count). The van der Waals surface area contributed by atoms with E-state index in [-0.39, 0.29) is 11.8 Å². The van der Waals surface area contributed by atoms with Gasteiger partial charge >= 0.3 is 0 Å². The molecule has 166 valence electrons. The van der Waals surface area contributed by atoms with Crippen molar-refractivity contribution in [2.45, 2.75) is 20.4 Å². The molecule has 0 saturated heterocycles. The number of carbonyl (C=O) groups is 2. The Morgan fingerprint density at radius 1 is 1.12 bits per heavy atom. The van der Waals surface area contributed by atoms with E-state index >= 15 is 0 Å². The van der Waals surface area contributed by atoms with E-state index in [0.717, 1.165) is 23.6 Å². The summed E-state index contributed by atoms with van der Waals surface area (Å²) in [5, 5.41) is 5.21. The molecule has 8 heteroatoms. The van der Waals surface area contributed by atoms with Gasteiger partial charge in [-0.05, 0) is 42.8 Å². The molecular weight excluding hydrogens is 434 g/mol. The summed E-state index contributed by atoms with van der Waals surface area (Å²) in [4.78, 5) is 34.8. The number of anilines is 3. The quantitative estimate of drug-likeness (QED) is 0.395. The van der Waals surface area contributed by atoms with Crippen molar-refractivity contribution >= 4 is 45.7 Å². The number of hydrogen-bond donors (Lipinski definition) is 1. The van der Waals surface area contributed by atoms with Crippen LogP contribution in [0.1, 0.15) is 24.0 Å². The Bertz CT molecular complexity index is 1280. The topological polar surface area (TPSA) is 80.1 Å². The van der Waals surface area contributed by atoms with E-state index in [1.807, 2.05) is 73.1 Å². The number of nitrogens with zero attached hydrogens (tertiary/aromatic N) is 4. The fourth-order valence-corrected chi connectivity index (χ4v) is 4.12. The van der Waals surface area contributed by atoms with Crippen molar-refractivity contribution in [2.24, 2.45) is 0 Å². The third kappa shape index (κ3) is 5.61. The first kappa shape index (κ1) is 22.2. The summed E-state index contributed by atoms with van der Waals surface area (Å²) in [6.45, 7) is 4.19. The van der Waals surface area contributed by atoms with Crippen molar-refractivity contribution in [3.8, 4) is 0 Å². The van der Waals surface area contributed by atoms with Crippen molar-refractivity contribution in [3.05, 3.63) is 95.5 Å². The second kappa shape index (κ2) is 10.1. The van der Waals surface area contributed by atoms with Crippen LogP contribution in [-0.4, -0.2) is 26.3 Å². The van der Waals surface area contributed by atoms with Crippen molar-refractivity contribution in [2.75, 3.05) is 10.2 Å². The molecule has 0 saturated carbocycles. The lowest BCUT2D eigenvalue weighted by Gasteiger charge is -2.17. The number of carbonyl (C=O) groups excluding carboxylic acids is 2. The lowest BCUT2D eigenvalue weighted by molar-refractivity contribution is -0.116. The van der Waals surface area contributed by atoms with Gasteiger partial charge in [-0.15, -0.1) is 11.3 Å². The number of hydrogen-bond acceptors (Lipinski definition) is 5. The number of thiazole rings is 1. The molecule has 2 aromatic heterocycles. The van der Waals surface area contributed by atoms with Crippen LogP contribution in [0.25, 0.3) is 6.08 Å². The van der Waals surface area contributed by atoms with Gasteiger partial charge in [-0.3, -0.25) is 14.5 Å². The highest BCUT2D eigenvalue weighted by Crippen LogP contribution is 2.29. The first-order valence-corrected chi connectivity index (χ1v) is 11.2. The predicted octanol–water partition coefficient (Wildman–Crippen LogP) is 5.03. The van der Waals surface area contributed by atoms with Crippen molar-refractivity contribution < 1.29 is 9.59 Å². The van der Waals surface area contributed by atoms with Gasteiger partial charge in [-0.25, -0.2) is 9.97 Å². The molecule has 4 aromatic rings. The average Bonchev–Trinajstić information content (AvgIpc) is 3.43. The summed E-state index contributed by atoms with van der Waals surface area (Å²) in [7, 11) is 0. The molecule has 0 aliphatic carbocycles.